The Morgan fingerprint density at radius 1 is 1.28 bits per heavy atom. The Hall–Kier alpha value is -1.35. The molecule has 1 aliphatic rings. The van der Waals surface area contributed by atoms with Crippen LogP contribution in [0, 0.1) is 0 Å². The molecule has 2 rings (SSSR count). The minimum atomic E-state index is 0.00861. The van der Waals surface area contributed by atoms with Crippen LogP contribution in [0.15, 0.2) is 30.3 Å². The van der Waals surface area contributed by atoms with Gasteiger partial charge in [-0.3, -0.25) is 4.79 Å². The first-order valence-electron chi connectivity index (χ1n) is 6.74. The molecular weight excluding hydrogens is 226 g/mol. The molecule has 0 spiro atoms. The van der Waals surface area contributed by atoms with E-state index >= 15 is 0 Å². The Kier molecular flexibility index (Phi) is 4.76. The summed E-state index contributed by atoms with van der Waals surface area (Å²) in [5.41, 5.74) is 1.14. The van der Waals surface area contributed by atoms with Crippen molar-refractivity contribution in [3.05, 3.63) is 35.9 Å². The zero-order chi connectivity index (χ0) is 12.8. The van der Waals surface area contributed by atoms with Gasteiger partial charge < -0.3 is 9.64 Å². The fourth-order valence-electron chi connectivity index (χ4n) is 2.41. The van der Waals surface area contributed by atoms with Gasteiger partial charge in [-0.25, -0.2) is 0 Å². The van der Waals surface area contributed by atoms with Crippen molar-refractivity contribution in [1.29, 1.82) is 0 Å². The monoisotopic (exact) mass is 247 g/mol. The molecule has 1 aromatic carbocycles. The highest BCUT2D eigenvalue weighted by molar-refractivity contribution is 5.83. The summed E-state index contributed by atoms with van der Waals surface area (Å²) in [7, 11) is 0. The molecule has 0 N–H and O–H groups in total. The molecular formula is C15H21NO2. The van der Waals surface area contributed by atoms with Crippen molar-refractivity contribution >= 4 is 5.91 Å². The number of ether oxygens (including phenoxy) is 1. The Morgan fingerprint density at radius 3 is 2.56 bits per heavy atom. The highest BCUT2D eigenvalue weighted by atomic mass is 16.5. The van der Waals surface area contributed by atoms with Gasteiger partial charge >= 0.3 is 0 Å². The van der Waals surface area contributed by atoms with Crippen molar-refractivity contribution in [2.75, 3.05) is 26.3 Å². The molecule has 1 aromatic rings. The van der Waals surface area contributed by atoms with Crippen molar-refractivity contribution < 1.29 is 9.53 Å². The van der Waals surface area contributed by atoms with Crippen molar-refractivity contribution in [3.63, 3.8) is 0 Å². The van der Waals surface area contributed by atoms with Crippen molar-refractivity contribution in [2.24, 2.45) is 0 Å². The lowest BCUT2D eigenvalue weighted by molar-refractivity contribution is -0.137. The maximum absolute atomic E-state index is 12.6. The molecule has 1 saturated heterocycles. The van der Waals surface area contributed by atoms with Crippen LogP contribution in [0.5, 0.6) is 0 Å². The van der Waals surface area contributed by atoms with Crippen molar-refractivity contribution in [1.82, 2.24) is 4.90 Å². The van der Waals surface area contributed by atoms with Gasteiger partial charge in [-0.15, -0.1) is 0 Å². The SMILES string of the molecule is CCC[C@@H](C(=O)N1CCOCC1)c1ccccc1. The van der Waals surface area contributed by atoms with Crippen LogP contribution < -0.4 is 0 Å². The van der Waals surface area contributed by atoms with Crippen LogP contribution in [0.2, 0.25) is 0 Å². The molecule has 1 heterocycles. The number of hydrogen-bond acceptors (Lipinski definition) is 2. The second kappa shape index (κ2) is 6.55. The minimum Gasteiger partial charge on any atom is -0.378 e. The molecule has 1 amide bonds. The molecule has 3 heteroatoms. The van der Waals surface area contributed by atoms with Gasteiger partial charge in [0.05, 0.1) is 19.1 Å². The third-order valence-electron chi connectivity index (χ3n) is 3.40. The van der Waals surface area contributed by atoms with Crippen LogP contribution in [0.25, 0.3) is 0 Å². The van der Waals surface area contributed by atoms with Crippen LogP contribution >= 0.6 is 0 Å². The summed E-state index contributed by atoms with van der Waals surface area (Å²) in [6, 6.07) is 10.1. The summed E-state index contributed by atoms with van der Waals surface area (Å²) in [6.07, 6.45) is 1.94. The van der Waals surface area contributed by atoms with E-state index in [1.165, 1.54) is 0 Å². The van der Waals surface area contributed by atoms with E-state index in [1.54, 1.807) is 0 Å². The van der Waals surface area contributed by atoms with Gasteiger partial charge in [-0.1, -0.05) is 43.7 Å². The Bertz CT molecular complexity index is 371. The summed E-state index contributed by atoms with van der Waals surface area (Å²) in [5, 5.41) is 0. The lowest BCUT2D eigenvalue weighted by atomic mass is 9.93. The largest absolute Gasteiger partial charge is 0.378 e. The number of benzene rings is 1. The van der Waals surface area contributed by atoms with Crippen molar-refractivity contribution in [2.45, 2.75) is 25.7 Å². The predicted octanol–water partition coefficient (Wildman–Crippen LogP) is 2.43. The Labute approximate surface area is 109 Å². The highest BCUT2D eigenvalue weighted by Gasteiger charge is 2.26. The maximum Gasteiger partial charge on any atom is 0.230 e. The van der Waals surface area contributed by atoms with Crippen LogP contribution in [0.1, 0.15) is 31.2 Å². The quantitative estimate of drug-likeness (QED) is 0.818. The Morgan fingerprint density at radius 2 is 1.94 bits per heavy atom. The summed E-state index contributed by atoms with van der Waals surface area (Å²) in [4.78, 5) is 14.5. The first kappa shape index (κ1) is 13.1. The molecule has 0 radical (unpaired) electrons. The highest BCUT2D eigenvalue weighted by Crippen LogP contribution is 2.24. The van der Waals surface area contributed by atoms with Crippen LogP contribution in [0.3, 0.4) is 0 Å². The summed E-state index contributed by atoms with van der Waals surface area (Å²) >= 11 is 0. The van der Waals surface area contributed by atoms with E-state index in [1.807, 2.05) is 23.1 Å². The minimum absolute atomic E-state index is 0.00861. The van der Waals surface area contributed by atoms with Crippen molar-refractivity contribution in [3.8, 4) is 0 Å². The van der Waals surface area contributed by atoms with Crippen LogP contribution in [-0.4, -0.2) is 37.1 Å². The topological polar surface area (TPSA) is 29.5 Å². The van der Waals surface area contributed by atoms with E-state index in [2.05, 4.69) is 19.1 Å². The summed E-state index contributed by atoms with van der Waals surface area (Å²) in [6.45, 7) is 4.92. The first-order valence-corrected chi connectivity index (χ1v) is 6.74. The average Bonchev–Trinajstić information content (AvgIpc) is 2.46. The van der Waals surface area contributed by atoms with Gasteiger partial charge in [0.25, 0.3) is 0 Å². The zero-order valence-corrected chi connectivity index (χ0v) is 11.0. The number of carbonyl (C=O) groups is 1. The zero-order valence-electron chi connectivity index (χ0n) is 11.0. The summed E-state index contributed by atoms with van der Waals surface area (Å²) < 4.78 is 5.30. The number of rotatable bonds is 4. The molecule has 3 nitrogen and oxygen atoms in total. The normalized spacial score (nSPS) is 17.5. The second-order valence-electron chi connectivity index (χ2n) is 4.69. The van der Waals surface area contributed by atoms with Gasteiger partial charge in [0.1, 0.15) is 0 Å². The van der Waals surface area contributed by atoms with E-state index in [9.17, 15) is 4.79 Å². The third kappa shape index (κ3) is 3.10. The molecule has 0 unspecified atom stereocenters. The molecule has 0 aromatic heterocycles. The molecule has 18 heavy (non-hydrogen) atoms. The van der Waals surface area contributed by atoms with E-state index in [0.717, 1.165) is 31.5 Å². The van der Waals surface area contributed by atoms with E-state index in [-0.39, 0.29) is 11.8 Å². The van der Waals surface area contributed by atoms with Gasteiger partial charge in [-0.05, 0) is 12.0 Å². The number of nitrogens with zero attached hydrogens (tertiary/aromatic N) is 1. The van der Waals surface area contributed by atoms with Gasteiger partial charge in [-0.2, -0.15) is 0 Å². The van der Waals surface area contributed by atoms with E-state index in [4.69, 9.17) is 4.74 Å². The molecule has 0 aliphatic carbocycles. The third-order valence-corrected chi connectivity index (χ3v) is 3.40. The molecule has 98 valence electrons. The van der Waals surface area contributed by atoms with Crippen LogP contribution in [0.4, 0.5) is 0 Å². The number of hydrogen-bond donors (Lipinski definition) is 0. The number of carbonyl (C=O) groups excluding carboxylic acids is 1. The van der Waals surface area contributed by atoms with Crippen LogP contribution in [-0.2, 0) is 9.53 Å². The molecule has 0 saturated carbocycles. The molecule has 1 fully saturated rings. The first-order chi connectivity index (χ1) is 8.83. The molecule has 1 atom stereocenters. The standard InChI is InChI=1S/C15H21NO2/c1-2-6-14(13-7-4-3-5-8-13)15(17)16-9-11-18-12-10-16/h3-5,7-8,14H,2,6,9-12H2,1H3/t14-/m1/s1. The number of amides is 1. The van der Waals surface area contributed by atoms with E-state index in [0.29, 0.717) is 13.2 Å². The second-order valence-corrected chi connectivity index (χ2v) is 4.69. The summed E-state index contributed by atoms with van der Waals surface area (Å²) in [5.74, 6) is 0.264. The number of morpholine rings is 1. The maximum atomic E-state index is 12.6. The average molecular weight is 247 g/mol. The smallest absolute Gasteiger partial charge is 0.230 e. The van der Waals surface area contributed by atoms with Gasteiger partial charge in [0.15, 0.2) is 0 Å². The fourth-order valence-corrected chi connectivity index (χ4v) is 2.41. The molecule has 0 bridgehead atoms. The Balaban J connectivity index is 2.11. The van der Waals surface area contributed by atoms with Gasteiger partial charge in [0, 0.05) is 13.1 Å². The lowest BCUT2D eigenvalue weighted by Crippen LogP contribution is -2.43. The lowest BCUT2D eigenvalue weighted by Gasteiger charge is -2.30. The fraction of sp³-hybridized carbons (Fsp3) is 0.533. The van der Waals surface area contributed by atoms with Gasteiger partial charge in [0.2, 0.25) is 5.91 Å². The van der Waals surface area contributed by atoms with E-state index < -0.39 is 0 Å². The predicted molar refractivity (Wildman–Crippen MR) is 71.5 cm³/mol. The molecule has 1 aliphatic heterocycles.